The Morgan fingerprint density at radius 2 is 2.18 bits per heavy atom. The van der Waals surface area contributed by atoms with Crippen LogP contribution in [-0.2, 0) is 6.54 Å². The molecule has 5 heteroatoms. The van der Waals surface area contributed by atoms with Crippen molar-refractivity contribution >= 4 is 17.3 Å². The van der Waals surface area contributed by atoms with Crippen molar-refractivity contribution in [3.05, 3.63) is 46.0 Å². The fraction of sp³-hybridized carbons (Fsp3) is 0.250. The van der Waals surface area contributed by atoms with Crippen molar-refractivity contribution in [2.24, 2.45) is 0 Å². The highest BCUT2D eigenvalue weighted by Gasteiger charge is 2.06. The summed E-state index contributed by atoms with van der Waals surface area (Å²) >= 11 is 5.62. The minimum absolute atomic E-state index is 0.143. The summed E-state index contributed by atoms with van der Waals surface area (Å²) in [7, 11) is 0. The Labute approximate surface area is 104 Å². The smallest absolute Gasteiger partial charge is 0.142 e. The number of aromatic amines is 1. The van der Waals surface area contributed by atoms with Gasteiger partial charge in [0.25, 0.3) is 0 Å². The average Bonchev–Trinajstić information content (AvgIpc) is 2.61. The molecule has 2 aromatic rings. The third-order valence-corrected chi connectivity index (χ3v) is 2.89. The van der Waals surface area contributed by atoms with Crippen LogP contribution in [0, 0.1) is 19.7 Å². The first-order chi connectivity index (χ1) is 8.08. The number of aromatic nitrogens is 2. The lowest BCUT2D eigenvalue weighted by Gasteiger charge is -2.07. The normalized spacial score (nSPS) is 10.6. The van der Waals surface area contributed by atoms with Crippen molar-refractivity contribution in [3.8, 4) is 0 Å². The van der Waals surface area contributed by atoms with Crippen LogP contribution in [0.3, 0.4) is 0 Å². The van der Waals surface area contributed by atoms with E-state index in [1.165, 1.54) is 6.07 Å². The molecule has 0 bridgehead atoms. The minimum atomic E-state index is -0.397. The number of benzene rings is 1. The van der Waals surface area contributed by atoms with E-state index < -0.39 is 5.82 Å². The summed E-state index contributed by atoms with van der Waals surface area (Å²) in [5, 5.41) is 10.3. The van der Waals surface area contributed by atoms with Crippen LogP contribution in [0.2, 0.25) is 5.02 Å². The van der Waals surface area contributed by atoms with Crippen LogP contribution in [0.15, 0.2) is 18.2 Å². The van der Waals surface area contributed by atoms with E-state index in [9.17, 15) is 4.39 Å². The zero-order valence-electron chi connectivity index (χ0n) is 9.64. The molecular weight excluding hydrogens is 241 g/mol. The SMILES string of the molecule is Cc1n[nH]c(C)c1NCc1ccc(Cl)c(F)c1. The van der Waals surface area contributed by atoms with E-state index in [2.05, 4.69) is 15.5 Å². The van der Waals surface area contributed by atoms with Gasteiger partial charge in [-0.3, -0.25) is 5.10 Å². The molecule has 0 radical (unpaired) electrons. The Hall–Kier alpha value is -1.55. The van der Waals surface area contributed by atoms with E-state index in [-0.39, 0.29) is 5.02 Å². The Balaban J connectivity index is 2.10. The maximum absolute atomic E-state index is 13.2. The highest BCUT2D eigenvalue weighted by Crippen LogP contribution is 2.19. The second kappa shape index (κ2) is 4.75. The summed E-state index contributed by atoms with van der Waals surface area (Å²) in [5.74, 6) is -0.397. The van der Waals surface area contributed by atoms with Crippen LogP contribution in [-0.4, -0.2) is 10.2 Å². The molecule has 0 aliphatic carbocycles. The van der Waals surface area contributed by atoms with Crippen LogP contribution >= 0.6 is 11.6 Å². The van der Waals surface area contributed by atoms with Gasteiger partial charge in [0.05, 0.1) is 22.1 Å². The molecule has 1 aromatic heterocycles. The van der Waals surface area contributed by atoms with Crippen molar-refractivity contribution in [3.63, 3.8) is 0 Å². The number of hydrogen-bond acceptors (Lipinski definition) is 2. The molecule has 1 aromatic carbocycles. The Morgan fingerprint density at radius 1 is 1.41 bits per heavy atom. The second-order valence-corrected chi connectivity index (χ2v) is 4.32. The number of hydrogen-bond donors (Lipinski definition) is 2. The highest BCUT2D eigenvalue weighted by molar-refractivity contribution is 6.30. The van der Waals surface area contributed by atoms with Crippen LogP contribution in [0.4, 0.5) is 10.1 Å². The van der Waals surface area contributed by atoms with Crippen molar-refractivity contribution in [2.45, 2.75) is 20.4 Å². The Bertz CT molecular complexity index is 517. The van der Waals surface area contributed by atoms with E-state index in [0.29, 0.717) is 6.54 Å². The average molecular weight is 254 g/mol. The third-order valence-electron chi connectivity index (χ3n) is 2.58. The maximum atomic E-state index is 13.2. The topological polar surface area (TPSA) is 40.7 Å². The van der Waals surface area contributed by atoms with Crippen molar-refractivity contribution in [1.82, 2.24) is 10.2 Å². The molecule has 90 valence electrons. The number of rotatable bonds is 3. The third kappa shape index (κ3) is 2.58. The van der Waals surface area contributed by atoms with Gasteiger partial charge >= 0.3 is 0 Å². The van der Waals surface area contributed by atoms with Gasteiger partial charge in [-0.05, 0) is 31.5 Å². The first-order valence-electron chi connectivity index (χ1n) is 5.27. The predicted molar refractivity (Wildman–Crippen MR) is 66.8 cm³/mol. The monoisotopic (exact) mass is 253 g/mol. The molecule has 1 heterocycles. The highest BCUT2D eigenvalue weighted by atomic mass is 35.5. The van der Waals surface area contributed by atoms with Gasteiger partial charge in [0.15, 0.2) is 0 Å². The molecule has 0 saturated heterocycles. The maximum Gasteiger partial charge on any atom is 0.142 e. The Morgan fingerprint density at radius 3 is 2.76 bits per heavy atom. The molecular formula is C12H13ClFN3. The van der Waals surface area contributed by atoms with Crippen LogP contribution < -0.4 is 5.32 Å². The van der Waals surface area contributed by atoms with Gasteiger partial charge in [-0.15, -0.1) is 0 Å². The molecule has 0 atom stereocenters. The quantitative estimate of drug-likeness (QED) is 0.880. The van der Waals surface area contributed by atoms with Crippen LogP contribution in [0.1, 0.15) is 17.0 Å². The summed E-state index contributed by atoms with van der Waals surface area (Å²) in [5.41, 5.74) is 3.67. The van der Waals surface area contributed by atoms with Crippen molar-refractivity contribution in [2.75, 3.05) is 5.32 Å². The van der Waals surface area contributed by atoms with Gasteiger partial charge in [-0.2, -0.15) is 5.10 Å². The fourth-order valence-corrected chi connectivity index (χ4v) is 1.77. The fourth-order valence-electron chi connectivity index (χ4n) is 1.65. The lowest BCUT2D eigenvalue weighted by Crippen LogP contribution is -2.01. The standard InChI is InChI=1S/C12H13ClFN3/c1-7-12(8(2)17-16-7)15-6-9-3-4-10(13)11(14)5-9/h3-5,15H,6H2,1-2H3,(H,16,17). The van der Waals surface area contributed by atoms with Gasteiger partial charge in [-0.25, -0.2) is 4.39 Å². The number of halogens is 2. The van der Waals surface area contributed by atoms with Gasteiger partial charge in [0, 0.05) is 6.54 Å². The molecule has 0 fully saturated rings. The lowest BCUT2D eigenvalue weighted by atomic mass is 10.2. The predicted octanol–water partition coefficient (Wildman–Crippen LogP) is 3.43. The van der Waals surface area contributed by atoms with E-state index >= 15 is 0 Å². The van der Waals surface area contributed by atoms with Gasteiger partial charge in [0.2, 0.25) is 0 Å². The summed E-state index contributed by atoms with van der Waals surface area (Å²) in [6.07, 6.45) is 0. The number of nitrogens with one attached hydrogen (secondary N) is 2. The Kier molecular flexibility index (Phi) is 3.33. The number of anilines is 1. The van der Waals surface area contributed by atoms with Gasteiger partial charge in [-0.1, -0.05) is 17.7 Å². The molecule has 0 amide bonds. The summed E-state index contributed by atoms with van der Waals surface area (Å²) in [4.78, 5) is 0. The number of nitrogens with zero attached hydrogens (tertiary/aromatic N) is 1. The largest absolute Gasteiger partial charge is 0.378 e. The summed E-state index contributed by atoms with van der Waals surface area (Å²) in [6.45, 7) is 4.38. The lowest BCUT2D eigenvalue weighted by molar-refractivity contribution is 0.626. The molecule has 0 saturated carbocycles. The van der Waals surface area contributed by atoms with Crippen LogP contribution in [0.5, 0.6) is 0 Å². The van der Waals surface area contributed by atoms with Gasteiger partial charge in [0.1, 0.15) is 5.82 Å². The summed E-state index contributed by atoms with van der Waals surface area (Å²) in [6, 6.07) is 4.78. The summed E-state index contributed by atoms with van der Waals surface area (Å²) < 4.78 is 13.2. The number of aryl methyl sites for hydroxylation is 2. The molecule has 17 heavy (non-hydrogen) atoms. The molecule has 0 spiro atoms. The van der Waals surface area contributed by atoms with Crippen molar-refractivity contribution < 1.29 is 4.39 Å². The first kappa shape index (κ1) is 11.9. The van der Waals surface area contributed by atoms with Crippen LogP contribution in [0.25, 0.3) is 0 Å². The van der Waals surface area contributed by atoms with E-state index in [0.717, 1.165) is 22.6 Å². The molecule has 2 N–H and O–H groups in total. The zero-order chi connectivity index (χ0) is 12.4. The second-order valence-electron chi connectivity index (χ2n) is 3.91. The van der Waals surface area contributed by atoms with Gasteiger partial charge < -0.3 is 5.32 Å². The van der Waals surface area contributed by atoms with E-state index in [1.807, 2.05) is 13.8 Å². The molecule has 0 aliphatic heterocycles. The molecule has 0 unspecified atom stereocenters. The molecule has 0 aliphatic rings. The van der Waals surface area contributed by atoms with E-state index in [4.69, 9.17) is 11.6 Å². The number of H-pyrrole nitrogens is 1. The molecule has 2 rings (SSSR count). The first-order valence-corrected chi connectivity index (χ1v) is 5.65. The van der Waals surface area contributed by atoms with Crippen molar-refractivity contribution in [1.29, 1.82) is 0 Å². The molecule has 3 nitrogen and oxygen atoms in total. The zero-order valence-corrected chi connectivity index (χ0v) is 10.4. The minimum Gasteiger partial charge on any atom is -0.378 e. The van der Waals surface area contributed by atoms with E-state index in [1.54, 1.807) is 12.1 Å².